The monoisotopic (exact) mass is 288 g/mol. The van der Waals surface area contributed by atoms with Crippen LogP contribution in [0.25, 0.3) is 0 Å². The van der Waals surface area contributed by atoms with Crippen molar-refractivity contribution in [2.75, 3.05) is 39.3 Å². The molecule has 1 aliphatic carbocycles. The molecular formula is C17H24N2O2. The second-order valence-electron chi connectivity index (χ2n) is 6.23. The van der Waals surface area contributed by atoms with Crippen LogP contribution in [0.3, 0.4) is 0 Å². The van der Waals surface area contributed by atoms with Crippen molar-refractivity contribution in [2.24, 2.45) is 5.92 Å². The van der Waals surface area contributed by atoms with Gasteiger partial charge in [-0.15, -0.1) is 0 Å². The molecule has 0 bridgehead atoms. The van der Waals surface area contributed by atoms with Crippen LogP contribution >= 0.6 is 0 Å². The summed E-state index contributed by atoms with van der Waals surface area (Å²) in [6, 6.07) is 7.82. The number of piperazine rings is 1. The minimum absolute atomic E-state index is 0.0987. The van der Waals surface area contributed by atoms with Gasteiger partial charge in [-0.1, -0.05) is 17.7 Å². The molecule has 21 heavy (non-hydrogen) atoms. The maximum atomic E-state index is 12.2. The molecule has 1 amide bonds. The van der Waals surface area contributed by atoms with Crippen molar-refractivity contribution in [1.29, 1.82) is 0 Å². The van der Waals surface area contributed by atoms with Gasteiger partial charge >= 0.3 is 0 Å². The van der Waals surface area contributed by atoms with E-state index in [0.29, 0.717) is 0 Å². The summed E-state index contributed by atoms with van der Waals surface area (Å²) in [5, 5.41) is 0. The van der Waals surface area contributed by atoms with Crippen molar-refractivity contribution < 1.29 is 9.53 Å². The van der Waals surface area contributed by atoms with Crippen LogP contribution in [0.1, 0.15) is 18.4 Å². The van der Waals surface area contributed by atoms with Crippen LogP contribution in [0.4, 0.5) is 0 Å². The lowest BCUT2D eigenvalue weighted by atomic mass is 10.2. The Kier molecular flexibility index (Phi) is 4.44. The number of amides is 1. The number of carbonyl (C=O) groups is 1. The van der Waals surface area contributed by atoms with E-state index >= 15 is 0 Å². The number of carbonyl (C=O) groups excluding carboxylic acids is 1. The molecule has 4 nitrogen and oxygen atoms in total. The minimum Gasteiger partial charge on any atom is -0.484 e. The van der Waals surface area contributed by atoms with Gasteiger partial charge in [-0.2, -0.15) is 0 Å². The normalized spacial score (nSPS) is 19.6. The Balaban J connectivity index is 1.40. The van der Waals surface area contributed by atoms with Gasteiger partial charge in [0.2, 0.25) is 0 Å². The van der Waals surface area contributed by atoms with Gasteiger partial charge in [-0.25, -0.2) is 0 Å². The third kappa shape index (κ3) is 4.21. The molecule has 1 aromatic carbocycles. The van der Waals surface area contributed by atoms with Gasteiger partial charge in [-0.05, 0) is 37.8 Å². The average Bonchev–Trinajstić information content (AvgIpc) is 3.31. The topological polar surface area (TPSA) is 32.8 Å². The highest BCUT2D eigenvalue weighted by atomic mass is 16.5. The van der Waals surface area contributed by atoms with Crippen molar-refractivity contribution in [1.82, 2.24) is 9.80 Å². The molecule has 3 rings (SSSR count). The lowest BCUT2D eigenvalue weighted by Crippen LogP contribution is -2.50. The van der Waals surface area contributed by atoms with Crippen molar-refractivity contribution in [3.8, 4) is 5.75 Å². The van der Waals surface area contributed by atoms with Crippen LogP contribution in [0.5, 0.6) is 5.75 Å². The Bertz CT molecular complexity index is 474. The van der Waals surface area contributed by atoms with Gasteiger partial charge < -0.3 is 9.64 Å². The summed E-state index contributed by atoms with van der Waals surface area (Å²) in [5.74, 6) is 1.79. The third-order valence-electron chi connectivity index (χ3n) is 4.32. The van der Waals surface area contributed by atoms with Crippen molar-refractivity contribution in [3.05, 3.63) is 29.8 Å². The molecule has 2 aliphatic rings. The van der Waals surface area contributed by atoms with E-state index < -0.39 is 0 Å². The van der Waals surface area contributed by atoms with E-state index in [1.54, 1.807) is 0 Å². The molecule has 0 atom stereocenters. The highest BCUT2D eigenvalue weighted by Gasteiger charge is 2.27. The van der Waals surface area contributed by atoms with Crippen LogP contribution in [-0.4, -0.2) is 55.0 Å². The van der Waals surface area contributed by atoms with Crippen molar-refractivity contribution in [3.63, 3.8) is 0 Å². The zero-order valence-electron chi connectivity index (χ0n) is 12.8. The number of hydrogen-bond donors (Lipinski definition) is 0. The SMILES string of the molecule is Cc1ccc(OCC(=O)N2CCN(CC3CC3)CC2)cc1. The molecule has 1 saturated carbocycles. The molecule has 0 unspecified atom stereocenters. The van der Waals surface area contributed by atoms with E-state index in [-0.39, 0.29) is 12.5 Å². The summed E-state index contributed by atoms with van der Waals surface area (Å²) in [7, 11) is 0. The maximum Gasteiger partial charge on any atom is 0.260 e. The van der Waals surface area contributed by atoms with Gasteiger partial charge in [-0.3, -0.25) is 9.69 Å². The first-order valence-corrected chi connectivity index (χ1v) is 7.90. The molecule has 0 spiro atoms. The summed E-state index contributed by atoms with van der Waals surface area (Å²) < 4.78 is 5.57. The van der Waals surface area contributed by atoms with E-state index in [1.807, 2.05) is 36.1 Å². The highest BCUT2D eigenvalue weighted by Crippen LogP contribution is 2.29. The lowest BCUT2D eigenvalue weighted by molar-refractivity contribution is -0.135. The molecule has 114 valence electrons. The van der Waals surface area contributed by atoms with Gasteiger partial charge in [0.25, 0.3) is 5.91 Å². The van der Waals surface area contributed by atoms with E-state index in [9.17, 15) is 4.79 Å². The minimum atomic E-state index is 0.0987. The van der Waals surface area contributed by atoms with E-state index in [0.717, 1.165) is 37.8 Å². The number of ether oxygens (including phenoxy) is 1. The molecule has 1 aliphatic heterocycles. The first kappa shape index (κ1) is 14.4. The lowest BCUT2D eigenvalue weighted by Gasteiger charge is -2.34. The fraction of sp³-hybridized carbons (Fsp3) is 0.588. The predicted octanol–water partition coefficient (Wildman–Crippen LogP) is 1.93. The second-order valence-corrected chi connectivity index (χ2v) is 6.23. The molecule has 0 radical (unpaired) electrons. The zero-order valence-corrected chi connectivity index (χ0v) is 12.8. The van der Waals surface area contributed by atoms with Crippen LogP contribution in [0.15, 0.2) is 24.3 Å². The van der Waals surface area contributed by atoms with E-state index in [2.05, 4.69) is 4.90 Å². The van der Waals surface area contributed by atoms with Crippen LogP contribution in [0.2, 0.25) is 0 Å². The molecule has 1 heterocycles. The zero-order chi connectivity index (χ0) is 14.7. The molecule has 1 aromatic rings. The maximum absolute atomic E-state index is 12.2. The smallest absolute Gasteiger partial charge is 0.260 e. The van der Waals surface area contributed by atoms with Crippen molar-refractivity contribution in [2.45, 2.75) is 19.8 Å². The molecule has 0 aromatic heterocycles. The fourth-order valence-electron chi connectivity index (χ4n) is 2.72. The van der Waals surface area contributed by atoms with E-state index in [4.69, 9.17) is 4.74 Å². The largest absolute Gasteiger partial charge is 0.484 e. The highest BCUT2D eigenvalue weighted by molar-refractivity contribution is 5.77. The summed E-state index contributed by atoms with van der Waals surface area (Å²) >= 11 is 0. The van der Waals surface area contributed by atoms with Gasteiger partial charge in [0.1, 0.15) is 5.75 Å². The fourth-order valence-corrected chi connectivity index (χ4v) is 2.72. The first-order chi connectivity index (χ1) is 10.2. The standard InChI is InChI=1S/C17H24N2O2/c1-14-2-6-16(7-3-14)21-13-17(20)19-10-8-18(9-11-19)12-15-4-5-15/h2-3,6-7,15H,4-5,8-13H2,1H3. The number of hydrogen-bond acceptors (Lipinski definition) is 3. The Morgan fingerprint density at radius 2 is 1.81 bits per heavy atom. The van der Waals surface area contributed by atoms with Gasteiger partial charge in [0.05, 0.1) is 0 Å². The van der Waals surface area contributed by atoms with Crippen molar-refractivity contribution >= 4 is 5.91 Å². The summed E-state index contributed by atoms with van der Waals surface area (Å²) in [6.07, 6.45) is 2.78. The molecule has 4 heteroatoms. The Hall–Kier alpha value is -1.55. The van der Waals surface area contributed by atoms with Gasteiger partial charge in [0.15, 0.2) is 6.61 Å². The van der Waals surface area contributed by atoms with E-state index in [1.165, 1.54) is 24.9 Å². The number of rotatable bonds is 5. The quantitative estimate of drug-likeness (QED) is 0.830. The predicted molar refractivity (Wildman–Crippen MR) is 82.4 cm³/mol. The van der Waals surface area contributed by atoms with Crippen LogP contribution in [0, 0.1) is 12.8 Å². The molecule has 0 N–H and O–H groups in total. The Morgan fingerprint density at radius 3 is 2.43 bits per heavy atom. The van der Waals surface area contributed by atoms with Crippen LogP contribution < -0.4 is 4.74 Å². The van der Waals surface area contributed by atoms with Gasteiger partial charge in [0, 0.05) is 32.7 Å². The third-order valence-corrected chi connectivity index (χ3v) is 4.32. The molecule has 1 saturated heterocycles. The second kappa shape index (κ2) is 6.48. The number of nitrogens with zero attached hydrogens (tertiary/aromatic N) is 2. The molecular weight excluding hydrogens is 264 g/mol. The Labute approximate surface area is 126 Å². The average molecular weight is 288 g/mol. The summed E-state index contributed by atoms with van der Waals surface area (Å²) in [5.41, 5.74) is 1.19. The first-order valence-electron chi connectivity index (χ1n) is 7.90. The number of aryl methyl sites for hydroxylation is 1. The molecule has 2 fully saturated rings. The number of benzene rings is 1. The Morgan fingerprint density at radius 1 is 1.14 bits per heavy atom. The van der Waals surface area contributed by atoms with Crippen LogP contribution in [-0.2, 0) is 4.79 Å². The summed E-state index contributed by atoms with van der Waals surface area (Å²) in [6.45, 7) is 7.09. The summed E-state index contributed by atoms with van der Waals surface area (Å²) in [4.78, 5) is 16.6.